The minimum absolute atomic E-state index is 0.149. The predicted octanol–water partition coefficient (Wildman–Crippen LogP) is 0.118. The summed E-state index contributed by atoms with van der Waals surface area (Å²) in [6.45, 7) is -0.647. The van der Waals surface area contributed by atoms with Crippen LogP contribution in [0.1, 0.15) is 12.8 Å². The zero-order valence-electron chi connectivity index (χ0n) is 5.31. The Hall–Kier alpha value is -0.710. The Morgan fingerprint density at radius 2 is 2.20 bits per heavy atom. The van der Waals surface area contributed by atoms with E-state index in [-0.39, 0.29) is 12.8 Å². The molecule has 1 heterocycles. The first kappa shape index (κ1) is 7.40. The first-order chi connectivity index (χ1) is 4.51. The summed E-state index contributed by atoms with van der Waals surface area (Å²) in [6.07, 6.45) is -0.525. The lowest BCUT2D eigenvalue weighted by atomic mass is 10.1. The Kier molecular flexibility index (Phi) is 1.60. The summed E-state index contributed by atoms with van der Waals surface area (Å²) in [5.41, 5.74) is 0. The Morgan fingerprint density at radius 1 is 1.60 bits per heavy atom. The van der Waals surface area contributed by atoms with Crippen molar-refractivity contribution in [3.05, 3.63) is 0 Å². The number of nitrogens with zero attached hydrogens (tertiary/aromatic N) is 1. The van der Waals surface area contributed by atoms with Crippen LogP contribution in [0.5, 0.6) is 0 Å². The largest absolute Gasteiger partial charge is 0.275 e. The molecule has 1 aliphatic heterocycles. The molecular formula is C5H8F2N2O. The molecule has 10 heavy (non-hydrogen) atoms. The molecule has 0 aromatic rings. The number of piperidine rings is 1. The van der Waals surface area contributed by atoms with Crippen molar-refractivity contribution in [3.63, 3.8) is 0 Å². The number of carbonyl (C=O) groups is 1. The summed E-state index contributed by atoms with van der Waals surface area (Å²) < 4.78 is 24.7. The Bertz CT molecular complexity index is 160. The van der Waals surface area contributed by atoms with Crippen molar-refractivity contribution in [2.45, 2.75) is 18.8 Å². The van der Waals surface area contributed by atoms with Crippen LogP contribution in [0.2, 0.25) is 0 Å². The Morgan fingerprint density at radius 3 is 2.60 bits per heavy atom. The molecule has 3 nitrogen and oxygen atoms in total. The fourth-order valence-electron chi connectivity index (χ4n) is 0.850. The summed E-state index contributed by atoms with van der Waals surface area (Å²) >= 11 is 0. The van der Waals surface area contributed by atoms with Crippen molar-refractivity contribution in [2.24, 2.45) is 5.84 Å². The molecule has 1 aliphatic rings. The fraction of sp³-hybridized carbons (Fsp3) is 0.800. The Labute approximate surface area is 56.8 Å². The van der Waals surface area contributed by atoms with Gasteiger partial charge in [0, 0.05) is 12.8 Å². The molecule has 1 rings (SSSR count). The van der Waals surface area contributed by atoms with Gasteiger partial charge in [0.15, 0.2) is 0 Å². The SMILES string of the molecule is NN1CC(F)(F)CCC1=O. The van der Waals surface area contributed by atoms with Gasteiger partial charge in [0.05, 0.1) is 0 Å². The van der Waals surface area contributed by atoms with E-state index in [1.807, 2.05) is 0 Å². The molecule has 5 heteroatoms. The standard InChI is InChI=1S/C5H8F2N2O/c6-5(7)2-1-4(10)9(8)3-5/h1-3,8H2. The first-order valence-electron chi connectivity index (χ1n) is 2.94. The van der Waals surface area contributed by atoms with Gasteiger partial charge in [0.25, 0.3) is 5.92 Å². The van der Waals surface area contributed by atoms with E-state index < -0.39 is 18.4 Å². The van der Waals surface area contributed by atoms with E-state index in [1.54, 1.807) is 0 Å². The van der Waals surface area contributed by atoms with Crippen molar-refractivity contribution in [1.29, 1.82) is 0 Å². The number of hydrogen-bond acceptors (Lipinski definition) is 2. The van der Waals surface area contributed by atoms with Crippen molar-refractivity contribution in [1.82, 2.24) is 5.01 Å². The highest BCUT2D eigenvalue weighted by atomic mass is 19.3. The number of rotatable bonds is 0. The number of nitrogens with two attached hydrogens (primary N) is 1. The monoisotopic (exact) mass is 150 g/mol. The van der Waals surface area contributed by atoms with E-state index >= 15 is 0 Å². The van der Waals surface area contributed by atoms with Crippen LogP contribution in [-0.4, -0.2) is 23.4 Å². The van der Waals surface area contributed by atoms with E-state index in [0.717, 1.165) is 0 Å². The van der Waals surface area contributed by atoms with Gasteiger partial charge in [0.1, 0.15) is 6.54 Å². The van der Waals surface area contributed by atoms with Crippen LogP contribution < -0.4 is 5.84 Å². The second kappa shape index (κ2) is 2.16. The second-order valence-corrected chi connectivity index (χ2v) is 2.38. The number of hydrazine groups is 1. The van der Waals surface area contributed by atoms with Crippen LogP contribution >= 0.6 is 0 Å². The van der Waals surface area contributed by atoms with Crippen molar-refractivity contribution in [3.8, 4) is 0 Å². The smallest absolute Gasteiger partial charge is 0.267 e. The van der Waals surface area contributed by atoms with Crippen LogP contribution in [0.4, 0.5) is 8.78 Å². The minimum Gasteiger partial charge on any atom is -0.275 e. The summed E-state index contributed by atoms with van der Waals surface area (Å²) in [5.74, 6) is 1.76. The summed E-state index contributed by atoms with van der Waals surface area (Å²) in [5, 5.41) is 0.573. The van der Waals surface area contributed by atoms with E-state index in [1.165, 1.54) is 0 Å². The average molecular weight is 150 g/mol. The zero-order valence-corrected chi connectivity index (χ0v) is 5.31. The highest BCUT2D eigenvalue weighted by molar-refractivity contribution is 5.76. The molecule has 0 spiro atoms. The molecule has 58 valence electrons. The molecule has 0 unspecified atom stereocenters. The summed E-state index contributed by atoms with van der Waals surface area (Å²) in [4.78, 5) is 10.5. The molecule has 2 N–H and O–H groups in total. The maximum absolute atomic E-state index is 12.4. The normalized spacial score (nSPS) is 25.1. The maximum Gasteiger partial charge on any atom is 0.267 e. The molecule has 0 atom stereocenters. The molecule has 0 aliphatic carbocycles. The molecule has 0 radical (unpaired) electrons. The van der Waals surface area contributed by atoms with Crippen molar-refractivity contribution < 1.29 is 13.6 Å². The quantitative estimate of drug-likeness (QED) is 0.393. The first-order valence-corrected chi connectivity index (χ1v) is 2.94. The van der Waals surface area contributed by atoms with Crippen LogP contribution in [0.25, 0.3) is 0 Å². The third kappa shape index (κ3) is 1.41. The number of halogens is 2. The molecule has 0 aromatic heterocycles. The second-order valence-electron chi connectivity index (χ2n) is 2.38. The van der Waals surface area contributed by atoms with Gasteiger partial charge in [0.2, 0.25) is 5.91 Å². The summed E-state index contributed by atoms with van der Waals surface area (Å²) in [6, 6.07) is 0. The van der Waals surface area contributed by atoms with E-state index in [9.17, 15) is 13.6 Å². The number of hydrogen-bond donors (Lipinski definition) is 1. The number of alkyl halides is 2. The lowest BCUT2D eigenvalue weighted by Crippen LogP contribution is -2.49. The van der Waals surface area contributed by atoms with Gasteiger partial charge >= 0.3 is 0 Å². The van der Waals surface area contributed by atoms with Gasteiger partial charge < -0.3 is 0 Å². The number of amides is 1. The fourth-order valence-corrected chi connectivity index (χ4v) is 0.850. The van der Waals surface area contributed by atoms with Gasteiger partial charge in [-0.3, -0.25) is 9.80 Å². The topological polar surface area (TPSA) is 46.3 Å². The maximum atomic E-state index is 12.4. The molecule has 1 fully saturated rings. The molecule has 0 bridgehead atoms. The van der Waals surface area contributed by atoms with Crippen LogP contribution in [0.15, 0.2) is 0 Å². The van der Waals surface area contributed by atoms with Crippen LogP contribution in [0.3, 0.4) is 0 Å². The van der Waals surface area contributed by atoms with Gasteiger partial charge in [-0.25, -0.2) is 14.6 Å². The average Bonchev–Trinajstić information content (AvgIpc) is 1.79. The van der Waals surface area contributed by atoms with Gasteiger partial charge in [-0.2, -0.15) is 0 Å². The van der Waals surface area contributed by atoms with E-state index in [2.05, 4.69) is 0 Å². The minimum atomic E-state index is -2.79. The van der Waals surface area contributed by atoms with Crippen molar-refractivity contribution in [2.75, 3.05) is 6.54 Å². The third-order valence-electron chi connectivity index (χ3n) is 1.43. The lowest BCUT2D eigenvalue weighted by Gasteiger charge is -2.28. The molecule has 0 saturated carbocycles. The Balaban J connectivity index is 2.57. The molecule has 0 aromatic carbocycles. The summed E-state index contributed by atoms with van der Waals surface area (Å²) in [7, 11) is 0. The van der Waals surface area contributed by atoms with Gasteiger partial charge in [-0.15, -0.1) is 0 Å². The predicted molar refractivity (Wildman–Crippen MR) is 30.1 cm³/mol. The molecular weight excluding hydrogens is 142 g/mol. The highest BCUT2D eigenvalue weighted by Crippen LogP contribution is 2.25. The van der Waals surface area contributed by atoms with Gasteiger partial charge in [-0.1, -0.05) is 0 Å². The lowest BCUT2D eigenvalue weighted by molar-refractivity contribution is -0.147. The van der Waals surface area contributed by atoms with Crippen LogP contribution in [-0.2, 0) is 4.79 Å². The molecule has 1 amide bonds. The van der Waals surface area contributed by atoms with Gasteiger partial charge in [-0.05, 0) is 0 Å². The van der Waals surface area contributed by atoms with E-state index in [0.29, 0.717) is 5.01 Å². The number of carbonyl (C=O) groups excluding carboxylic acids is 1. The molecule has 1 saturated heterocycles. The van der Waals surface area contributed by atoms with E-state index in [4.69, 9.17) is 5.84 Å². The third-order valence-corrected chi connectivity index (χ3v) is 1.43. The van der Waals surface area contributed by atoms with Crippen molar-refractivity contribution >= 4 is 5.91 Å². The van der Waals surface area contributed by atoms with Crippen LogP contribution in [0, 0.1) is 0 Å². The highest BCUT2D eigenvalue weighted by Gasteiger charge is 2.37. The zero-order chi connectivity index (χ0) is 7.78.